The minimum Gasteiger partial charge on any atom is -0.508 e. The van der Waals surface area contributed by atoms with Crippen molar-refractivity contribution in [3.63, 3.8) is 0 Å². The second-order valence-electron chi connectivity index (χ2n) is 23.2. The topological polar surface area (TPSA) is 340 Å². The van der Waals surface area contributed by atoms with E-state index in [1.165, 1.54) is 55.7 Å². The number of fused-ring (bicyclic) bond motifs is 4. The van der Waals surface area contributed by atoms with Gasteiger partial charge in [0.05, 0.1) is 31.5 Å². The van der Waals surface area contributed by atoms with Gasteiger partial charge < -0.3 is 40.7 Å². The molecule has 7 N–H and O–H groups in total. The van der Waals surface area contributed by atoms with Gasteiger partial charge >= 0.3 is 0 Å². The van der Waals surface area contributed by atoms with Crippen molar-refractivity contribution in [1.82, 2.24) is 0 Å². The predicted molar refractivity (Wildman–Crippen MR) is 349 cm³/mol. The fourth-order valence-corrected chi connectivity index (χ4v) is 10.9. The standard InChI is InChI=1S/C24H17ClO4.C11H8O4.C11H12O2.C10H6O4.C8H5NO.C6H9NO.C4H10O/c25-14-6-4-12(5-7-14)21-20-13(2-1-3-19(20)27)10-18-22(21)24(29)16-9-8-15(26)11-17(16)23(18)28;1-15-6-2-3-7-8(4-6)11(14)10(13)5-9(7)12;1-13-9-6-5-8-3-2-4-11(12)10(8)7-9;11-5-1-2-6-7(3-5)10(14)9(13)4-8(6)12;9-5-7-1-3-8(6-10)4-2-7;7-5-2-1-3-6(8)4-5;1-4(2,3)5/h4-9,11,21,26H,1-3,10H2;2-5,12H,1H3;5-7H,2-4H2,1H3;1-4,11-12H;1-4,6H;4H,1-3,7H2;5H,1-3H3. The molecule has 0 saturated carbocycles. The van der Waals surface area contributed by atoms with Gasteiger partial charge in [-0.2, -0.15) is 5.26 Å². The summed E-state index contributed by atoms with van der Waals surface area (Å²) in [5, 5.41) is 55.2. The van der Waals surface area contributed by atoms with Crippen LogP contribution in [0.4, 0.5) is 0 Å². The molecule has 0 saturated heterocycles. The average molecular weight is 1290 g/mol. The monoisotopic (exact) mass is 1290 g/mol. The van der Waals surface area contributed by atoms with Crippen LogP contribution in [0.2, 0.25) is 5.02 Å². The first kappa shape index (κ1) is 70.5. The molecule has 0 bridgehead atoms. The van der Waals surface area contributed by atoms with Crippen LogP contribution >= 0.6 is 11.6 Å². The Hall–Kier alpha value is -10.9. The number of nitriles is 1. The van der Waals surface area contributed by atoms with E-state index in [9.17, 15) is 63.3 Å². The molecular formula is C74H67ClN2O17. The number of carbonyl (C=O) groups excluding carboxylic acids is 10. The summed E-state index contributed by atoms with van der Waals surface area (Å²) in [5.41, 5.74) is 13.4. The van der Waals surface area contributed by atoms with Crippen LogP contribution in [0.25, 0.3) is 11.5 Å². The number of methoxy groups -OCH3 is 2. The van der Waals surface area contributed by atoms with Crippen molar-refractivity contribution >= 4 is 81.5 Å². The summed E-state index contributed by atoms with van der Waals surface area (Å²) in [6.07, 6.45) is 11.6. The highest BCUT2D eigenvalue weighted by Crippen LogP contribution is 2.50. The summed E-state index contributed by atoms with van der Waals surface area (Å²) in [7, 11) is 3.08. The average Bonchev–Trinajstić information content (AvgIpc) is 0.725. The Kier molecular flexibility index (Phi) is 23.5. The second kappa shape index (κ2) is 31.4. The van der Waals surface area contributed by atoms with E-state index in [1.807, 2.05) is 36.4 Å². The number of aryl methyl sites for hydroxylation is 1. The van der Waals surface area contributed by atoms with Crippen LogP contribution in [-0.2, 0) is 25.6 Å². The van der Waals surface area contributed by atoms with E-state index < -0.39 is 34.7 Å². The molecule has 94 heavy (non-hydrogen) atoms. The number of allylic oxidation sites excluding steroid dienone is 8. The predicted octanol–water partition coefficient (Wildman–Crippen LogP) is 12.3. The molecule has 19 nitrogen and oxygen atoms in total. The van der Waals surface area contributed by atoms with Crippen molar-refractivity contribution in [1.29, 1.82) is 5.26 Å². The number of rotatable bonds is 4. The number of ketones is 9. The Morgan fingerprint density at radius 2 is 1.04 bits per heavy atom. The number of aliphatic hydroxyl groups is 3. The summed E-state index contributed by atoms with van der Waals surface area (Å²) >= 11 is 6.05. The molecule has 20 heteroatoms. The molecule has 0 aromatic heterocycles. The van der Waals surface area contributed by atoms with E-state index in [-0.39, 0.29) is 79.8 Å². The Morgan fingerprint density at radius 3 is 1.57 bits per heavy atom. The van der Waals surface area contributed by atoms with E-state index >= 15 is 0 Å². The van der Waals surface area contributed by atoms with Crippen LogP contribution < -0.4 is 15.2 Å². The Labute approximate surface area is 546 Å². The number of aliphatic hydroxyl groups excluding tert-OH is 2. The Morgan fingerprint density at radius 1 is 0.543 bits per heavy atom. The van der Waals surface area contributed by atoms with E-state index in [0.717, 1.165) is 90.7 Å². The zero-order chi connectivity index (χ0) is 68.7. The molecule has 0 radical (unpaired) electrons. The number of carbonyl (C=O) groups is 10. The fraction of sp³-hybridized carbons (Fsp3) is 0.230. The Bertz CT molecular complexity index is 4260. The number of nitrogens with two attached hydrogens (primary N) is 1. The molecule has 0 amide bonds. The molecule has 482 valence electrons. The van der Waals surface area contributed by atoms with Gasteiger partial charge in [-0.15, -0.1) is 0 Å². The SMILES string of the molecule is CC(C)(C)O.COc1ccc2c(c1)C(=O)C(=O)C=C2O.COc1ccc2c(c1)C(=O)CCC2.N#Cc1ccc(C=O)cc1.NC1=CC(=O)CCC1.O=C1C=C(O)c2ccc(O)cc2C1=O.O=C1CCCC2=C1C(c1ccc(Cl)cc1)C1=C(C2)C(=O)c2cc(O)ccc2C1=O. The van der Waals surface area contributed by atoms with Crippen molar-refractivity contribution in [2.75, 3.05) is 14.2 Å². The zero-order valence-electron chi connectivity index (χ0n) is 52.0. The molecule has 0 spiro atoms. The van der Waals surface area contributed by atoms with Gasteiger partial charge in [0.2, 0.25) is 23.1 Å². The molecule has 1 atom stereocenters. The first-order valence-corrected chi connectivity index (χ1v) is 30.1. The molecule has 7 aliphatic carbocycles. The number of aromatic hydroxyl groups is 2. The van der Waals surface area contributed by atoms with Gasteiger partial charge in [0, 0.05) is 109 Å². The third kappa shape index (κ3) is 17.8. The van der Waals surface area contributed by atoms with Crippen molar-refractivity contribution in [3.05, 3.63) is 234 Å². The van der Waals surface area contributed by atoms with E-state index in [0.29, 0.717) is 69.9 Å². The minimum absolute atomic E-state index is 0.0370. The lowest BCUT2D eigenvalue weighted by Gasteiger charge is -2.36. The van der Waals surface area contributed by atoms with Crippen LogP contribution in [0.1, 0.15) is 174 Å². The van der Waals surface area contributed by atoms with Gasteiger partial charge in [-0.05, 0) is 174 Å². The lowest BCUT2D eigenvalue weighted by Crippen LogP contribution is -2.33. The van der Waals surface area contributed by atoms with Gasteiger partial charge in [-0.3, -0.25) is 47.9 Å². The lowest BCUT2D eigenvalue weighted by atomic mass is 9.65. The van der Waals surface area contributed by atoms with Gasteiger partial charge in [-0.1, -0.05) is 47.5 Å². The third-order valence-electron chi connectivity index (χ3n) is 15.2. The van der Waals surface area contributed by atoms with Crippen molar-refractivity contribution < 1.29 is 83.0 Å². The van der Waals surface area contributed by atoms with Crippen molar-refractivity contribution in [2.45, 2.75) is 96.5 Å². The molecule has 6 aromatic carbocycles. The number of nitrogens with zero attached hydrogens (tertiary/aromatic N) is 1. The van der Waals surface area contributed by atoms with Gasteiger partial charge in [0.15, 0.2) is 28.9 Å². The quantitative estimate of drug-likeness (QED) is 0.0705. The molecule has 0 aliphatic heterocycles. The van der Waals surface area contributed by atoms with Gasteiger partial charge in [0.1, 0.15) is 40.8 Å². The fourth-order valence-electron chi connectivity index (χ4n) is 10.8. The number of ether oxygens (including phenoxy) is 2. The molecular weight excluding hydrogens is 1220 g/mol. The van der Waals surface area contributed by atoms with Crippen molar-refractivity contribution in [3.8, 4) is 29.1 Å². The minimum atomic E-state index is -0.777. The summed E-state index contributed by atoms with van der Waals surface area (Å²) in [6.45, 7) is 5.23. The number of phenols is 2. The van der Waals surface area contributed by atoms with Crippen LogP contribution in [0.5, 0.6) is 23.0 Å². The lowest BCUT2D eigenvalue weighted by molar-refractivity contribution is -0.116. The first-order chi connectivity index (χ1) is 44.6. The number of phenolic OH excluding ortho intramolecular Hbond substituents is 2. The smallest absolute Gasteiger partial charge is 0.233 e. The maximum absolute atomic E-state index is 13.5. The van der Waals surface area contributed by atoms with Gasteiger partial charge in [-0.25, -0.2) is 0 Å². The summed E-state index contributed by atoms with van der Waals surface area (Å²) in [6, 6.07) is 34.0. The highest BCUT2D eigenvalue weighted by atomic mass is 35.5. The van der Waals surface area contributed by atoms with Crippen LogP contribution in [0.3, 0.4) is 0 Å². The van der Waals surface area contributed by atoms with E-state index in [2.05, 4.69) is 0 Å². The number of hydrogen-bond donors (Lipinski definition) is 6. The molecule has 7 aliphatic rings. The van der Waals surface area contributed by atoms with Gasteiger partial charge in [0.25, 0.3) is 0 Å². The zero-order valence-corrected chi connectivity index (χ0v) is 52.8. The van der Waals surface area contributed by atoms with Crippen LogP contribution in [0.15, 0.2) is 168 Å². The third-order valence-corrected chi connectivity index (χ3v) is 15.5. The van der Waals surface area contributed by atoms with E-state index in [1.54, 1.807) is 76.4 Å². The number of aldehydes is 1. The van der Waals surface area contributed by atoms with Crippen molar-refractivity contribution in [2.24, 2.45) is 5.73 Å². The number of halogens is 1. The molecule has 1 unspecified atom stereocenters. The molecule has 0 heterocycles. The second-order valence-corrected chi connectivity index (χ2v) is 23.6. The van der Waals surface area contributed by atoms with Crippen LogP contribution in [-0.4, -0.2) is 104 Å². The Balaban J connectivity index is 0.000000166. The normalized spacial score (nSPS) is 16.5. The molecule has 6 aromatic rings. The number of Topliss-reactive ketones (excluding diaryl/α,β-unsaturated/α-hetero) is 6. The maximum atomic E-state index is 13.5. The maximum Gasteiger partial charge on any atom is 0.233 e. The summed E-state index contributed by atoms with van der Waals surface area (Å²) in [5.74, 6) is -2.75. The van der Waals surface area contributed by atoms with Crippen LogP contribution in [0, 0.1) is 11.3 Å². The summed E-state index contributed by atoms with van der Waals surface area (Å²) in [4.78, 5) is 117. The molecule has 13 rings (SSSR count). The molecule has 0 fully saturated rings. The number of hydrogen-bond acceptors (Lipinski definition) is 19. The highest BCUT2D eigenvalue weighted by molar-refractivity contribution is 6.51. The largest absolute Gasteiger partial charge is 0.508 e. The van der Waals surface area contributed by atoms with E-state index in [4.69, 9.17) is 42.3 Å². The summed E-state index contributed by atoms with van der Waals surface area (Å²) < 4.78 is 10.0. The first-order valence-electron chi connectivity index (χ1n) is 29.7. The highest BCUT2D eigenvalue weighted by Gasteiger charge is 2.44. The number of benzene rings is 6.